The number of carboxylic acids is 1. The summed E-state index contributed by atoms with van der Waals surface area (Å²) in [6.45, 7) is 5.89. The van der Waals surface area contributed by atoms with Gasteiger partial charge in [0, 0.05) is 39.3 Å². The van der Waals surface area contributed by atoms with Crippen LogP contribution in [0, 0.1) is 11.8 Å². The van der Waals surface area contributed by atoms with E-state index in [9.17, 15) is 82.1 Å². The van der Waals surface area contributed by atoms with Gasteiger partial charge >= 0.3 is 5.97 Å². The number of carbonyl (C=O) groups excluding carboxylic acids is 14. The SMILES string of the molecule is CC(C)[C@H](NC(=O)[C@@H]1CCCN1C(=O)[C@@H](NC(=O)CNC(=O)[C@H](CCCN=C(N)N)NC(=O)CNC(=O)[C@H](CCCN=C(N)N)NC(=O)[C@@H](N)CO)C(C)C)C(=O)N[C@@H](CCCN=C(N)N)C(=O)NCC(=O)N[C@@H](CCCN=C(N)N)C(=O)NCC(=O)N[C@@H](C)C(=O)N[C@@H](C)C(=O)N1CCC[C@H]1C(=O)O. The molecule has 44 heteroatoms. The van der Waals surface area contributed by atoms with Gasteiger partial charge in [-0.05, 0) is 103 Å². The van der Waals surface area contributed by atoms with E-state index in [1.807, 2.05) is 0 Å². The van der Waals surface area contributed by atoms with Crippen LogP contribution in [0.15, 0.2) is 20.0 Å². The van der Waals surface area contributed by atoms with Crippen molar-refractivity contribution < 1.29 is 82.1 Å². The van der Waals surface area contributed by atoms with Gasteiger partial charge in [0.05, 0.1) is 32.8 Å². The molecule has 0 aromatic heterocycles. The molecule has 2 aliphatic rings. The van der Waals surface area contributed by atoms with Crippen LogP contribution in [-0.2, 0) is 71.9 Å². The Balaban J connectivity index is 2.20. The molecule has 2 heterocycles. The van der Waals surface area contributed by atoms with E-state index in [0.717, 1.165) is 4.90 Å². The quantitative estimate of drug-likeness (QED) is 0.0153. The Kier molecular flexibility index (Phi) is 40.0. The number of carboxylic acid groups (broad SMARTS) is 1. The number of amides is 14. The molecule has 2 rings (SSSR count). The lowest BCUT2D eigenvalue weighted by Gasteiger charge is -2.32. The molecule has 0 saturated carbocycles. The number of aliphatic carboxylic acids is 1. The van der Waals surface area contributed by atoms with Gasteiger partial charge in [0.2, 0.25) is 82.7 Å². The van der Waals surface area contributed by atoms with Crippen LogP contribution in [0.5, 0.6) is 0 Å². The van der Waals surface area contributed by atoms with Crippen molar-refractivity contribution >= 4 is 113 Å². The minimum Gasteiger partial charge on any atom is -0.480 e. The summed E-state index contributed by atoms with van der Waals surface area (Å²) in [5.74, 6) is -14.9. The first-order chi connectivity index (χ1) is 49.4. The van der Waals surface area contributed by atoms with Crippen LogP contribution < -0.4 is 115 Å². The molecule has 14 amide bonds. The lowest BCUT2D eigenvalue weighted by Crippen LogP contribution is -2.60. The third kappa shape index (κ3) is 33.8. The summed E-state index contributed by atoms with van der Waals surface area (Å²) in [5.41, 5.74) is 49.2. The Labute approximate surface area is 606 Å². The monoisotopic (exact) mass is 1490 g/mol. The molecule has 11 atom stereocenters. The summed E-state index contributed by atoms with van der Waals surface area (Å²) in [6, 6.07) is -13.9. The Morgan fingerprint density at radius 2 is 0.743 bits per heavy atom. The van der Waals surface area contributed by atoms with Crippen LogP contribution in [0.4, 0.5) is 0 Å². The average molecular weight is 1490 g/mol. The lowest BCUT2D eigenvalue weighted by atomic mass is 10.0. The summed E-state index contributed by atoms with van der Waals surface area (Å²) < 4.78 is 0. The largest absolute Gasteiger partial charge is 0.480 e. The molecule has 0 aromatic carbocycles. The normalized spacial score (nSPS) is 16.4. The van der Waals surface area contributed by atoms with Crippen LogP contribution in [-0.4, -0.2) is 271 Å². The fraction of sp³-hybridized carbons (Fsp3) is 0.689. The van der Waals surface area contributed by atoms with Crippen LogP contribution in [0.2, 0.25) is 0 Å². The smallest absolute Gasteiger partial charge is 0.326 e. The van der Waals surface area contributed by atoms with Gasteiger partial charge in [0.1, 0.15) is 66.5 Å². The highest BCUT2D eigenvalue weighted by Gasteiger charge is 2.42. The maximum absolute atomic E-state index is 14.4. The van der Waals surface area contributed by atoms with Gasteiger partial charge in [0.25, 0.3) is 0 Å². The average Bonchev–Trinajstić information content (AvgIpc) is 1.73. The van der Waals surface area contributed by atoms with Crippen molar-refractivity contribution in [2.75, 3.05) is 72.1 Å². The van der Waals surface area contributed by atoms with Crippen molar-refractivity contribution in [2.24, 2.45) is 83.4 Å². The van der Waals surface area contributed by atoms with E-state index in [0.29, 0.717) is 12.8 Å². The number of nitrogens with two attached hydrogens (primary N) is 9. The van der Waals surface area contributed by atoms with E-state index in [4.69, 9.17) is 51.6 Å². The van der Waals surface area contributed by atoms with Crippen molar-refractivity contribution in [3.8, 4) is 0 Å². The molecule has 2 fully saturated rings. The molecular formula is C61H109N27O17. The van der Waals surface area contributed by atoms with Gasteiger partial charge < -0.3 is 135 Å². The molecule has 0 aromatic rings. The molecule has 32 N–H and O–H groups in total. The number of nitrogens with zero attached hydrogens (tertiary/aromatic N) is 6. The highest BCUT2D eigenvalue weighted by atomic mass is 16.4. The first kappa shape index (κ1) is 90.1. The molecule has 0 unspecified atom stereocenters. The van der Waals surface area contributed by atoms with E-state index >= 15 is 0 Å². The number of carbonyl (C=O) groups is 15. The number of hydrogen-bond acceptors (Lipinski definition) is 21. The number of guanidine groups is 4. The minimum atomic E-state index is -1.40. The van der Waals surface area contributed by atoms with Crippen molar-refractivity contribution in [1.29, 1.82) is 0 Å². The Hall–Kier alpha value is -10.9. The molecule has 2 saturated heterocycles. The zero-order valence-electron chi connectivity index (χ0n) is 60.2. The second-order valence-electron chi connectivity index (χ2n) is 25.6. The van der Waals surface area contributed by atoms with Gasteiger partial charge in [-0.3, -0.25) is 87.1 Å². The number of likely N-dealkylation sites (tertiary alicyclic amines) is 2. The topological polar surface area (TPSA) is 731 Å². The summed E-state index contributed by atoms with van der Waals surface area (Å²) in [7, 11) is 0. The van der Waals surface area contributed by atoms with Gasteiger partial charge in [0.15, 0.2) is 23.8 Å². The van der Waals surface area contributed by atoms with Crippen molar-refractivity contribution in [3.05, 3.63) is 0 Å². The van der Waals surface area contributed by atoms with E-state index in [-0.39, 0.29) is 127 Å². The standard InChI is InChI=1S/C61H109N27O17/c1-30(2)45(54(101)84-38(16-10-22-74-61(69)70)52(99)77-27-43(92)81-35(13-7-19-71-58(63)64)49(96)75-25-41(90)79-32(5)47(94)80-33(6)55(102)88-24-12-18-40(88)57(104)105)86-53(100)39-17-11-23-87(39)56(103)46(31(3)4)85-44(93)28-78-50(97)36(14-8-20-72-59(65)66)82-42(91)26-76-51(98)37(15-9-21-73-60(67)68)83-48(95)34(62)29-89/h30-40,45-46,89H,7-29,62H2,1-6H3,(H,75,96)(H,76,98)(H,77,99)(H,78,97)(H,79,90)(H,80,94)(H,81,92)(H,82,91)(H,83,95)(H,84,101)(H,85,93)(H,86,100)(H,104,105)(H4,63,64,71)(H4,65,66,72)(H4,67,68,73)(H4,69,70,74)/t32-,33-,34-,35-,36-,37-,38-,39-,40-,45-,46-/m0/s1. The van der Waals surface area contributed by atoms with Gasteiger partial charge in [-0.1, -0.05) is 27.7 Å². The zero-order valence-corrected chi connectivity index (χ0v) is 60.2. The number of nitrogens with one attached hydrogen (secondary N) is 12. The molecule has 2 aliphatic heterocycles. The van der Waals surface area contributed by atoms with Crippen LogP contribution >= 0.6 is 0 Å². The minimum absolute atomic E-state index is 0.00253. The van der Waals surface area contributed by atoms with Crippen LogP contribution in [0.25, 0.3) is 0 Å². The first-order valence-electron chi connectivity index (χ1n) is 34.3. The van der Waals surface area contributed by atoms with Crippen molar-refractivity contribution in [1.82, 2.24) is 73.6 Å². The number of rotatable bonds is 46. The summed E-state index contributed by atoms with van der Waals surface area (Å²) in [4.78, 5) is 218. The Bertz CT molecular complexity index is 3140. The number of aliphatic hydroxyl groups is 1. The van der Waals surface area contributed by atoms with E-state index in [1.165, 1.54) is 18.7 Å². The van der Waals surface area contributed by atoms with E-state index in [1.54, 1.807) is 27.7 Å². The number of aliphatic hydroxyl groups excluding tert-OH is 1. The fourth-order valence-electron chi connectivity index (χ4n) is 10.7. The molecule has 44 nitrogen and oxygen atoms in total. The summed E-state index contributed by atoms with van der Waals surface area (Å²) in [6.07, 6.45) is 1.43. The highest BCUT2D eigenvalue weighted by molar-refractivity contribution is 5.99. The van der Waals surface area contributed by atoms with Crippen LogP contribution in [0.3, 0.4) is 0 Å². The van der Waals surface area contributed by atoms with Gasteiger partial charge in [-0.25, -0.2) is 4.79 Å². The molecule has 0 radical (unpaired) electrons. The first-order valence-corrected chi connectivity index (χ1v) is 34.3. The lowest BCUT2D eigenvalue weighted by molar-refractivity contribution is -0.149. The summed E-state index contributed by atoms with van der Waals surface area (Å²) in [5, 5.41) is 48.5. The summed E-state index contributed by atoms with van der Waals surface area (Å²) >= 11 is 0. The Morgan fingerprint density at radius 3 is 1.10 bits per heavy atom. The predicted molar refractivity (Wildman–Crippen MR) is 380 cm³/mol. The molecule has 0 bridgehead atoms. The van der Waals surface area contributed by atoms with Gasteiger partial charge in [-0.15, -0.1) is 0 Å². The van der Waals surface area contributed by atoms with Crippen molar-refractivity contribution in [2.45, 2.75) is 185 Å². The number of aliphatic imine (C=N–C) groups is 4. The maximum atomic E-state index is 14.4. The van der Waals surface area contributed by atoms with Crippen molar-refractivity contribution in [3.63, 3.8) is 0 Å². The predicted octanol–water partition coefficient (Wildman–Crippen LogP) is -11.7. The van der Waals surface area contributed by atoms with Crippen LogP contribution in [0.1, 0.15) is 119 Å². The third-order valence-corrected chi connectivity index (χ3v) is 16.2. The second-order valence-corrected chi connectivity index (χ2v) is 25.6. The molecular weight excluding hydrogens is 1380 g/mol. The number of hydrogen-bond donors (Lipinski definition) is 23. The van der Waals surface area contributed by atoms with E-state index < -0.39 is 200 Å². The fourth-order valence-corrected chi connectivity index (χ4v) is 10.7. The van der Waals surface area contributed by atoms with Gasteiger partial charge in [-0.2, -0.15) is 0 Å². The zero-order chi connectivity index (χ0) is 79.2. The highest BCUT2D eigenvalue weighted by Crippen LogP contribution is 2.22. The molecule has 0 aliphatic carbocycles. The molecule has 105 heavy (non-hydrogen) atoms. The maximum Gasteiger partial charge on any atom is 0.326 e. The third-order valence-electron chi connectivity index (χ3n) is 16.2. The second kappa shape index (κ2) is 46.6. The molecule has 0 spiro atoms. The molecule has 590 valence electrons. The Morgan fingerprint density at radius 1 is 0.400 bits per heavy atom. The van der Waals surface area contributed by atoms with E-state index in [2.05, 4.69) is 83.8 Å².